The Labute approximate surface area is 110 Å². The third-order valence-corrected chi connectivity index (χ3v) is 3.19. The number of anilines is 1. The molecule has 2 N–H and O–H groups in total. The number of hydrogen-bond acceptors (Lipinski definition) is 2. The van der Waals surface area contributed by atoms with Crippen molar-refractivity contribution in [2.24, 2.45) is 0 Å². The van der Waals surface area contributed by atoms with Crippen molar-refractivity contribution >= 4 is 27.6 Å². The van der Waals surface area contributed by atoms with Crippen LogP contribution in [-0.2, 0) is 0 Å². The fourth-order valence-corrected chi connectivity index (χ4v) is 2.13. The molecule has 1 aromatic rings. The van der Waals surface area contributed by atoms with E-state index in [0.29, 0.717) is 17.3 Å². The molecule has 94 valence electrons. The van der Waals surface area contributed by atoms with Gasteiger partial charge in [-0.15, -0.1) is 0 Å². The molecule has 0 bridgehead atoms. The Bertz CT molecular complexity index is 393. The molecule has 1 unspecified atom stereocenters. The third-order valence-electron chi connectivity index (χ3n) is 2.70. The Hall–Kier alpha value is -1.03. The second-order valence-corrected chi connectivity index (χ2v) is 4.95. The van der Waals surface area contributed by atoms with E-state index < -0.39 is 5.97 Å². The molecule has 0 saturated heterocycles. The lowest BCUT2D eigenvalue weighted by molar-refractivity contribution is 0.0698. The minimum atomic E-state index is -0.903. The Kier molecular flexibility index (Phi) is 5.48. The molecule has 0 spiro atoms. The molecule has 17 heavy (non-hydrogen) atoms. The monoisotopic (exact) mass is 299 g/mol. The molecule has 0 fully saturated rings. The van der Waals surface area contributed by atoms with Crippen molar-refractivity contribution in [1.82, 2.24) is 0 Å². The molecular weight excluding hydrogens is 282 g/mol. The van der Waals surface area contributed by atoms with Gasteiger partial charge in [-0.2, -0.15) is 0 Å². The van der Waals surface area contributed by atoms with Gasteiger partial charge in [-0.25, -0.2) is 4.79 Å². The minimum Gasteiger partial charge on any atom is -0.478 e. The van der Waals surface area contributed by atoms with E-state index in [-0.39, 0.29) is 0 Å². The zero-order valence-electron chi connectivity index (χ0n) is 10.2. The van der Waals surface area contributed by atoms with Crippen LogP contribution in [0.2, 0.25) is 0 Å². The normalized spacial score (nSPS) is 12.2. The van der Waals surface area contributed by atoms with Crippen LogP contribution in [0.5, 0.6) is 0 Å². The van der Waals surface area contributed by atoms with E-state index in [0.717, 1.165) is 23.7 Å². The number of nitrogens with one attached hydrogen (secondary N) is 1. The smallest absolute Gasteiger partial charge is 0.337 e. The van der Waals surface area contributed by atoms with E-state index in [2.05, 4.69) is 35.1 Å². The van der Waals surface area contributed by atoms with Crippen molar-refractivity contribution in [1.29, 1.82) is 0 Å². The van der Waals surface area contributed by atoms with E-state index >= 15 is 0 Å². The molecule has 0 amide bonds. The molecule has 3 nitrogen and oxygen atoms in total. The second-order valence-electron chi connectivity index (χ2n) is 4.03. The molecule has 1 aromatic carbocycles. The number of hydrogen-bond donors (Lipinski definition) is 2. The second kappa shape index (κ2) is 6.64. The van der Waals surface area contributed by atoms with Crippen molar-refractivity contribution in [3.8, 4) is 0 Å². The van der Waals surface area contributed by atoms with Crippen LogP contribution in [0.3, 0.4) is 0 Å². The first-order valence-electron chi connectivity index (χ1n) is 5.87. The largest absolute Gasteiger partial charge is 0.478 e. The highest BCUT2D eigenvalue weighted by molar-refractivity contribution is 9.10. The summed E-state index contributed by atoms with van der Waals surface area (Å²) in [6.45, 7) is 4.23. The molecule has 0 saturated carbocycles. The Balaban J connectivity index is 2.92. The van der Waals surface area contributed by atoms with Gasteiger partial charge in [-0.05, 0) is 31.0 Å². The maximum atomic E-state index is 11.1. The number of aromatic carboxylic acids is 1. The van der Waals surface area contributed by atoms with Gasteiger partial charge in [0.15, 0.2) is 0 Å². The fraction of sp³-hybridized carbons (Fsp3) is 0.462. The van der Waals surface area contributed by atoms with Crippen LogP contribution in [0.15, 0.2) is 22.7 Å². The van der Waals surface area contributed by atoms with Crippen molar-refractivity contribution in [2.75, 3.05) is 5.32 Å². The molecule has 0 radical (unpaired) electrons. The van der Waals surface area contributed by atoms with E-state index in [1.54, 1.807) is 6.07 Å². The van der Waals surface area contributed by atoms with Gasteiger partial charge in [0, 0.05) is 16.2 Å². The number of halogens is 1. The highest BCUT2D eigenvalue weighted by Gasteiger charge is 2.13. The molecule has 0 aromatic heterocycles. The van der Waals surface area contributed by atoms with Crippen molar-refractivity contribution in [2.45, 2.75) is 39.2 Å². The number of carboxylic acid groups (broad SMARTS) is 1. The quantitative estimate of drug-likeness (QED) is 0.830. The highest BCUT2D eigenvalue weighted by Crippen LogP contribution is 2.23. The summed E-state index contributed by atoms with van der Waals surface area (Å²) in [5, 5.41) is 12.4. The molecule has 0 aliphatic carbocycles. The summed E-state index contributed by atoms with van der Waals surface area (Å²) in [4.78, 5) is 11.1. The van der Waals surface area contributed by atoms with E-state index in [1.165, 1.54) is 0 Å². The number of carbonyl (C=O) groups is 1. The summed E-state index contributed by atoms with van der Waals surface area (Å²) in [5.41, 5.74) is 1.01. The number of carboxylic acids is 1. The molecule has 0 aliphatic heterocycles. The van der Waals surface area contributed by atoms with Crippen LogP contribution in [0.4, 0.5) is 5.69 Å². The van der Waals surface area contributed by atoms with Gasteiger partial charge < -0.3 is 10.4 Å². The summed E-state index contributed by atoms with van der Waals surface area (Å²) >= 11 is 3.29. The SMILES string of the molecule is CCCC(CC)Nc1ccc(Br)cc1C(=O)O. The first kappa shape index (κ1) is 14.0. The first-order valence-corrected chi connectivity index (χ1v) is 6.67. The maximum absolute atomic E-state index is 11.1. The van der Waals surface area contributed by atoms with Gasteiger partial charge in [0.25, 0.3) is 0 Å². The Morgan fingerprint density at radius 2 is 2.18 bits per heavy atom. The van der Waals surface area contributed by atoms with E-state index in [4.69, 9.17) is 5.11 Å². The lowest BCUT2D eigenvalue weighted by Gasteiger charge is -2.19. The van der Waals surface area contributed by atoms with Gasteiger partial charge in [0.05, 0.1) is 5.56 Å². The summed E-state index contributed by atoms with van der Waals surface area (Å²) in [6, 6.07) is 5.63. The summed E-state index contributed by atoms with van der Waals surface area (Å²) in [7, 11) is 0. The molecule has 0 aliphatic rings. The van der Waals surface area contributed by atoms with Crippen LogP contribution < -0.4 is 5.32 Å². The van der Waals surface area contributed by atoms with Crippen molar-refractivity contribution in [3.05, 3.63) is 28.2 Å². The van der Waals surface area contributed by atoms with Gasteiger partial charge in [-0.1, -0.05) is 36.2 Å². The fourth-order valence-electron chi connectivity index (χ4n) is 1.77. The van der Waals surface area contributed by atoms with Crippen LogP contribution in [-0.4, -0.2) is 17.1 Å². The van der Waals surface area contributed by atoms with E-state index in [1.807, 2.05) is 12.1 Å². The highest BCUT2D eigenvalue weighted by atomic mass is 79.9. The Morgan fingerprint density at radius 3 is 2.71 bits per heavy atom. The first-order chi connectivity index (χ1) is 8.08. The zero-order valence-corrected chi connectivity index (χ0v) is 11.8. The zero-order chi connectivity index (χ0) is 12.8. The molecule has 0 heterocycles. The van der Waals surface area contributed by atoms with E-state index in [9.17, 15) is 4.79 Å². The summed E-state index contributed by atoms with van der Waals surface area (Å²) < 4.78 is 0.781. The molecule has 1 atom stereocenters. The molecule has 1 rings (SSSR count). The van der Waals surface area contributed by atoms with Crippen LogP contribution >= 0.6 is 15.9 Å². The number of rotatable bonds is 6. The predicted octanol–water partition coefficient (Wildman–Crippen LogP) is 4.14. The summed E-state index contributed by atoms with van der Waals surface area (Å²) in [6.07, 6.45) is 3.12. The van der Waals surface area contributed by atoms with Crippen LogP contribution in [0.25, 0.3) is 0 Å². The molecule has 4 heteroatoms. The van der Waals surface area contributed by atoms with Crippen LogP contribution in [0.1, 0.15) is 43.5 Å². The summed E-state index contributed by atoms with van der Waals surface area (Å²) in [5.74, 6) is -0.903. The van der Waals surface area contributed by atoms with Crippen LogP contribution in [0, 0.1) is 0 Å². The van der Waals surface area contributed by atoms with Gasteiger partial charge >= 0.3 is 5.97 Å². The lowest BCUT2D eigenvalue weighted by Crippen LogP contribution is -2.19. The molecular formula is C13H18BrNO2. The van der Waals surface area contributed by atoms with Crippen molar-refractivity contribution < 1.29 is 9.90 Å². The lowest BCUT2D eigenvalue weighted by atomic mass is 10.1. The minimum absolute atomic E-state index is 0.314. The topological polar surface area (TPSA) is 49.3 Å². The predicted molar refractivity (Wildman–Crippen MR) is 73.7 cm³/mol. The Morgan fingerprint density at radius 1 is 1.47 bits per heavy atom. The van der Waals surface area contributed by atoms with Gasteiger partial charge in [0.2, 0.25) is 0 Å². The standard InChI is InChI=1S/C13H18BrNO2/c1-3-5-10(4-2)15-12-7-6-9(14)8-11(12)13(16)17/h6-8,10,15H,3-5H2,1-2H3,(H,16,17). The van der Waals surface area contributed by atoms with Gasteiger partial charge in [-0.3, -0.25) is 0 Å². The average molecular weight is 300 g/mol. The average Bonchev–Trinajstić information content (AvgIpc) is 2.30. The maximum Gasteiger partial charge on any atom is 0.337 e. The number of benzene rings is 1. The third kappa shape index (κ3) is 4.04. The van der Waals surface area contributed by atoms with Gasteiger partial charge in [0.1, 0.15) is 0 Å². The van der Waals surface area contributed by atoms with Crippen molar-refractivity contribution in [3.63, 3.8) is 0 Å².